The zero-order chi connectivity index (χ0) is 20.8. The van der Waals surface area contributed by atoms with Crippen LogP contribution in [-0.4, -0.2) is 32.4 Å². The van der Waals surface area contributed by atoms with Gasteiger partial charge in [0, 0.05) is 41.7 Å². The number of carbonyl (C=O) groups excluding carboxylic acids is 1. The number of aryl methyl sites for hydroxylation is 1. The summed E-state index contributed by atoms with van der Waals surface area (Å²) in [6.45, 7) is 2.11. The molecule has 7 heteroatoms. The molecule has 1 aromatic carbocycles. The first kappa shape index (κ1) is 19.2. The highest BCUT2D eigenvalue weighted by atomic mass is 16.1. The van der Waals surface area contributed by atoms with E-state index in [-0.39, 0.29) is 12.5 Å². The van der Waals surface area contributed by atoms with Gasteiger partial charge in [0.05, 0.1) is 18.4 Å². The Hall–Kier alpha value is -4.13. The van der Waals surface area contributed by atoms with E-state index in [0.29, 0.717) is 5.82 Å². The molecule has 4 rings (SSSR count). The van der Waals surface area contributed by atoms with Crippen molar-refractivity contribution in [3.05, 3.63) is 85.2 Å². The average molecular weight is 396 g/mol. The minimum Gasteiger partial charge on any atom is -0.376 e. The van der Waals surface area contributed by atoms with Crippen molar-refractivity contribution in [2.45, 2.75) is 6.92 Å². The minimum absolute atomic E-state index is 0.140. The number of carbonyl (C=O) groups is 1. The van der Waals surface area contributed by atoms with E-state index in [1.165, 1.54) is 0 Å². The molecule has 148 valence electrons. The van der Waals surface area contributed by atoms with Crippen LogP contribution in [0, 0.1) is 6.92 Å². The Labute approximate surface area is 174 Å². The highest BCUT2D eigenvalue weighted by molar-refractivity contribution is 5.93. The second-order valence-corrected chi connectivity index (χ2v) is 6.69. The summed E-state index contributed by atoms with van der Waals surface area (Å²) in [5.74, 6) is 0.307. The molecular formula is C23H20N6O. The van der Waals surface area contributed by atoms with E-state index in [4.69, 9.17) is 0 Å². The number of anilines is 2. The number of amides is 1. The monoisotopic (exact) mass is 396 g/mol. The molecule has 0 bridgehead atoms. The first-order valence-electron chi connectivity index (χ1n) is 9.47. The molecule has 0 aliphatic rings. The Morgan fingerprint density at radius 3 is 2.37 bits per heavy atom. The lowest BCUT2D eigenvalue weighted by Gasteiger charge is -2.09. The molecule has 0 fully saturated rings. The molecule has 2 N–H and O–H groups in total. The number of benzene rings is 1. The van der Waals surface area contributed by atoms with Crippen molar-refractivity contribution >= 4 is 17.4 Å². The van der Waals surface area contributed by atoms with Crippen LogP contribution in [0.15, 0.2) is 79.5 Å². The predicted molar refractivity (Wildman–Crippen MR) is 117 cm³/mol. The molecule has 0 unspecified atom stereocenters. The number of aromatic nitrogens is 4. The number of hydrogen-bond donors (Lipinski definition) is 2. The fraction of sp³-hybridized carbons (Fsp3) is 0.0870. The third kappa shape index (κ3) is 4.82. The van der Waals surface area contributed by atoms with E-state index in [1.807, 2.05) is 49.4 Å². The van der Waals surface area contributed by atoms with E-state index in [1.54, 1.807) is 37.1 Å². The summed E-state index contributed by atoms with van der Waals surface area (Å²) in [5.41, 5.74) is 5.62. The average Bonchev–Trinajstić information content (AvgIpc) is 2.79. The molecule has 0 aliphatic carbocycles. The Kier molecular flexibility index (Phi) is 5.70. The minimum atomic E-state index is -0.177. The standard InChI is InChI=1S/C23H20N6O/c1-16-12-18(8-9-25-16)17-2-5-20(6-3-17)27-15-23(30)29-22-7-4-19(13-28-22)21-14-24-10-11-26-21/h2-14,27H,15H2,1H3,(H,28,29,30). The second kappa shape index (κ2) is 8.91. The van der Waals surface area contributed by atoms with Crippen molar-refractivity contribution in [1.82, 2.24) is 19.9 Å². The summed E-state index contributed by atoms with van der Waals surface area (Å²) < 4.78 is 0. The van der Waals surface area contributed by atoms with Crippen LogP contribution in [0.25, 0.3) is 22.4 Å². The van der Waals surface area contributed by atoms with Gasteiger partial charge in [-0.2, -0.15) is 0 Å². The van der Waals surface area contributed by atoms with Crippen LogP contribution < -0.4 is 10.6 Å². The summed E-state index contributed by atoms with van der Waals surface area (Å²) in [5, 5.41) is 5.90. The maximum absolute atomic E-state index is 12.2. The van der Waals surface area contributed by atoms with Gasteiger partial charge in [-0.15, -0.1) is 0 Å². The van der Waals surface area contributed by atoms with Crippen LogP contribution in [-0.2, 0) is 4.79 Å². The summed E-state index contributed by atoms with van der Waals surface area (Å²) in [4.78, 5) is 29.0. The van der Waals surface area contributed by atoms with Gasteiger partial charge in [-0.05, 0) is 54.4 Å². The molecule has 0 saturated carbocycles. The number of nitrogens with one attached hydrogen (secondary N) is 2. The number of pyridine rings is 2. The van der Waals surface area contributed by atoms with E-state index in [2.05, 4.69) is 30.6 Å². The van der Waals surface area contributed by atoms with Gasteiger partial charge in [0.15, 0.2) is 0 Å². The molecule has 0 atom stereocenters. The zero-order valence-corrected chi connectivity index (χ0v) is 16.4. The fourth-order valence-electron chi connectivity index (χ4n) is 2.94. The molecule has 3 aromatic heterocycles. The van der Waals surface area contributed by atoms with E-state index >= 15 is 0 Å². The highest BCUT2D eigenvalue weighted by Crippen LogP contribution is 2.21. The van der Waals surface area contributed by atoms with E-state index in [9.17, 15) is 4.79 Å². The molecule has 7 nitrogen and oxygen atoms in total. The van der Waals surface area contributed by atoms with Gasteiger partial charge in [-0.3, -0.25) is 19.7 Å². The second-order valence-electron chi connectivity index (χ2n) is 6.69. The van der Waals surface area contributed by atoms with Gasteiger partial charge in [0.25, 0.3) is 0 Å². The molecule has 0 aliphatic heterocycles. The Morgan fingerprint density at radius 1 is 0.833 bits per heavy atom. The van der Waals surface area contributed by atoms with Crippen molar-refractivity contribution in [1.29, 1.82) is 0 Å². The van der Waals surface area contributed by atoms with Crippen molar-refractivity contribution < 1.29 is 4.79 Å². The first-order chi connectivity index (χ1) is 14.7. The van der Waals surface area contributed by atoms with Crippen LogP contribution in [0.5, 0.6) is 0 Å². The smallest absolute Gasteiger partial charge is 0.244 e. The van der Waals surface area contributed by atoms with Crippen LogP contribution >= 0.6 is 0 Å². The predicted octanol–water partition coefficient (Wildman–Crippen LogP) is 3.96. The van der Waals surface area contributed by atoms with Crippen LogP contribution in [0.4, 0.5) is 11.5 Å². The number of rotatable bonds is 6. The molecule has 0 spiro atoms. The summed E-state index contributed by atoms with van der Waals surface area (Å²) in [6, 6.07) is 15.5. The maximum atomic E-state index is 12.2. The summed E-state index contributed by atoms with van der Waals surface area (Å²) in [7, 11) is 0. The molecule has 3 heterocycles. The molecule has 1 amide bonds. The Bertz CT molecular complexity index is 1130. The number of nitrogens with zero attached hydrogens (tertiary/aromatic N) is 4. The van der Waals surface area contributed by atoms with Gasteiger partial charge >= 0.3 is 0 Å². The van der Waals surface area contributed by atoms with Crippen molar-refractivity contribution in [3.8, 4) is 22.4 Å². The Morgan fingerprint density at radius 2 is 1.67 bits per heavy atom. The third-order valence-corrected chi connectivity index (χ3v) is 4.46. The van der Waals surface area contributed by atoms with Crippen LogP contribution in [0.1, 0.15) is 5.69 Å². The fourth-order valence-corrected chi connectivity index (χ4v) is 2.94. The maximum Gasteiger partial charge on any atom is 0.244 e. The van der Waals surface area contributed by atoms with E-state index in [0.717, 1.165) is 33.8 Å². The lowest BCUT2D eigenvalue weighted by atomic mass is 10.1. The Balaban J connectivity index is 1.31. The lowest BCUT2D eigenvalue weighted by molar-refractivity contribution is -0.114. The van der Waals surface area contributed by atoms with Gasteiger partial charge in [-0.25, -0.2) is 4.98 Å². The van der Waals surface area contributed by atoms with Gasteiger partial charge in [0.2, 0.25) is 5.91 Å². The van der Waals surface area contributed by atoms with Gasteiger partial charge < -0.3 is 10.6 Å². The van der Waals surface area contributed by atoms with Gasteiger partial charge in [-0.1, -0.05) is 12.1 Å². The molecular weight excluding hydrogens is 376 g/mol. The quantitative estimate of drug-likeness (QED) is 0.512. The highest BCUT2D eigenvalue weighted by Gasteiger charge is 2.05. The third-order valence-electron chi connectivity index (χ3n) is 4.46. The molecule has 0 saturated heterocycles. The van der Waals surface area contributed by atoms with Crippen molar-refractivity contribution in [3.63, 3.8) is 0 Å². The van der Waals surface area contributed by atoms with Gasteiger partial charge in [0.1, 0.15) is 5.82 Å². The molecule has 30 heavy (non-hydrogen) atoms. The SMILES string of the molecule is Cc1cc(-c2ccc(NCC(=O)Nc3ccc(-c4cnccn4)cn3)cc2)ccn1. The molecule has 0 radical (unpaired) electrons. The first-order valence-corrected chi connectivity index (χ1v) is 9.47. The normalized spacial score (nSPS) is 10.4. The van der Waals surface area contributed by atoms with Crippen LogP contribution in [0.3, 0.4) is 0 Å². The van der Waals surface area contributed by atoms with Crippen molar-refractivity contribution in [2.75, 3.05) is 17.2 Å². The molecule has 4 aromatic rings. The zero-order valence-electron chi connectivity index (χ0n) is 16.4. The largest absolute Gasteiger partial charge is 0.376 e. The lowest BCUT2D eigenvalue weighted by Crippen LogP contribution is -2.22. The topological polar surface area (TPSA) is 92.7 Å². The summed E-state index contributed by atoms with van der Waals surface area (Å²) in [6.07, 6.45) is 8.37. The van der Waals surface area contributed by atoms with Crippen molar-refractivity contribution in [2.24, 2.45) is 0 Å². The number of hydrogen-bond acceptors (Lipinski definition) is 6. The summed E-state index contributed by atoms with van der Waals surface area (Å²) >= 11 is 0. The van der Waals surface area contributed by atoms with Crippen LogP contribution in [0.2, 0.25) is 0 Å². The van der Waals surface area contributed by atoms with E-state index < -0.39 is 0 Å².